The number of nitrogens with zero attached hydrogens (tertiary/aromatic N) is 3. The molecule has 78 valence electrons. The van der Waals surface area contributed by atoms with Crippen molar-refractivity contribution in [2.24, 2.45) is 0 Å². The van der Waals surface area contributed by atoms with E-state index in [-0.39, 0.29) is 12.7 Å². The van der Waals surface area contributed by atoms with Gasteiger partial charge in [0.25, 0.3) is 0 Å². The van der Waals surface area contributed by atoms with Gasteiger partial charge in [0.15, 0.2) is 11.4 Å². The van der Waals surface area contributed by atoms with E-state index in [9.17, 15) is 4.79 Å². The van der Waals surface area contributed by atoms with Gasteiger partial charge in [0, 0.05) is 6.92 Å². The summed E-state index contributed by atoms with van der Waals surface area (Å²) in [5.41, 5.74) is 1.29. The number of H-pyrrole nitrogens is 1. The molecule has 0 spiro atoms. The molecule has 7 heteroatoms. The van der Waals surface area contributed by atoms with Crippen molar-refractivity contribution in [3.8, 4) is 0 Å². The maximum atomic E-state index is 10.6. The number of esters is 1. The van der Waals surface area contributed by atoms with E-state index in [0.717, 1.165) is 0 Å². The van der Waals surface area contributed by atoms with E-state index in [1.54, 1.807) is 10.9 Å². The van der Waals surface area contributed by atoms with E-state index in [1.165, 1.54) is 13.3 Å². The van der Waals surface area contributed by atoms with Crippen LogP contribution in [0, 0.1) is 4.64 Å². The van der Waals surface area contributed by atoms with Crippen molar-refractivity contribution in [1.82, 2.24) is 19.5 Å². The van der Waals surface area contributed by atoms with Crippen LogP contribution >= 0.6 is 12.2 Å². The Kier molecular flexibility index (Phi) is 2.46. The predicted molar refractivity (Wildman–Crippen MR) is 54.5 cm³/mol. The highest BCUT2D eigenvalue weighted by Crippen LogP contribution is 2.09. The standard InChI is InChI=1S/C8H8N4O2S/c1-5(13)14-4-12-3-11-6-7(12)9-2-10-8(6)15/h2-3H,4H2,1H3,(H,9,10,15). The van der Waals surface area contributed by atoms with Crippen LogP contribution in [0.4, 0.5) is 0 Å². The van der Waals surface area contributed by atoms with E-state index < -0.39 is 0 Å². The summed E-state index contributed by atoms with van der Waals surface area (Å²) in [7, 11) is 0. The summed E-state index contributed by atoms with van der Waals surface area (Å²) in [6, 6.07) is 0. The topological polar surface area (TPSA) is 72.8 Å². The zero-order chi connectivity index (χ0) is 10.8. The number of nitrogens with one attached hydrogen (secondary N) is 1. The van der Waals surface area contributed by atoms with Crippen molar-refractivity contribution < 1.29 is 9.53 Å². The van der Waals surface area contributed by atoms with Crippen molar-refractivity contribution in [2.75, 3.05) is 0 Å². The highest BCUT2D eigenvalue weighted by molar-refractivity contribution is 7.71. The molecule has 0 bridgehead atoms. The number of carbonyl (C=O) groups is 1. The molecule has 0 atom stereocenters. The number of hydrogen-bond acceptors (Lipinski definition) is 5. The second-order valence-electron chi connectivity index (χ2n) is 2.88. The largest absolute Gasteiger partial charge is 0.444 e. The number of carbonyl (C=O) groups excluding carboxylic acids is 1. The van der Waals surface area contributed by atoms with Crippen molar-refractivity contribution in [1.29, 1.82) is 0 Å². The van der Waals surface area contributed by atoms with Crippen molar-refractivity contribution in [2.45, 2.75) is 13.7 Å². The van der Waals surface area contributed by atoms with E-state index in [2.05, 4.69) is 15.0 Å². The fourth-order valence-electron chi connectivity index (χ4n) is 1.16. The number of fused-ring (bicyclic) bond motifs is 1. The molecule has 2 aromatic heterocycles. The van der Waals surface area contributed by atoms with E-state index in [0.29, 0.717) is 15.8 Å². The normalized spacial score (nSPS) is 10.5. The molecule has 1 N–H and O–H groups in total. The third-order valence-electron chi connectivity index (χ3n) is 1.83. The molecule has 2 rings (SSSR count). The predicted octanol–water partition coefficient (Wildman–Crippen LogP) is 1.01. The molecule has 0 fully saturated rings. The molecule has 15 heavy (non-hydrogen) atoms. The minimum absolute atomic E-state index is 0.112. The van der Waals surface area contributed by atoms with Gasteiger partial charge in [0.05, 0.1) is 12.7 Å². The maximum absolute atomic E-state index is 10.6. The Labute approximate surface area is 89.9 Å². The summed E-state index contributed by atoms with van der Waals surface area (Å²) in [5, 5.41) is 0. The molecular weight excluding hydrogens is 216 g/mol. The summed E-state index contributed by atoms with van der Waals surface area (Å²) < 4.78 is 6.91. The van der Waals surface area contributed by atoms with E-state index >= 15 is 0 Å². The van der Waals surface area contributed by atoms with Gasteiger partial charge in [-0.25, -0.2) is 9.97 Å². The number of rotatable bonds is 2. The number of aromatic amines is 1. The van der Waals surface area contributed by atoms with Crippen LogP contribution in [0.1, 0.15) is 6.92 Å². The first-order valence-corrected chi connectivity index (χ1v) is 4.61. The van der Waals surface area contributed by atoms with Gasteiger partial charge >= 0.3 is 5.97 Å². The molecule has 0 aliphatic heterocycles. The molecule has 0 aromatic carbocycles. The number of ether oxygens (including phenoxy) is 1. The smallest absolute Gasteiger partial charge is 0.304 e. The summed E-state index contributed by atoms with van der Waals surface area (Å²) in [5.74, 6) is -0.343. The minimum Gasteiger partial charge on any atom is -0.444 e. The zero-order valence-corrected chi connectivity index (χ0v) is 8.74. The van der Waals surface area contributed by atoms with Crippen LogP contribution in [-0.4, -0.2) is 25.5 Å². The Morgan fingerprint density at radius 2 is 2.47 bits per heavy atom. The molecule has 0 saturated heterocycles. The van der Waals surface area contributed by atoms with Gasteiger partial charge in [-0.3, -0.25) is 9.36 Å². The van der Waals surface area contributed by atoms with Crippen molar-refractivity contribution >= 4 is 29.4 Å². The highest BCUT2D eigenvalue weighted by Gasteiger charge is 2.04. The van der Waals surface area contributed by atoms with Gasteiger partial charge in [-0.1, -0.05) is 12.2 Å². The van der Waals surface area contributed by atoms with Gasteiger partial charge < -0.3 is 9.72 Å². The summed E-state index contributed by atoms with van der Waals surface area (Å²) >= 11 is 4.99. The summed E-state index contributed by atoms with van der Waals surface area (Å²) in [6.07, 6.45) is 3.03. The first kappa shape index (κ1) is 9.78. The fraction of sp³-hybridized carbons (Fsp3) is 0.250. The second-order valence-corrected chi connectivity index (χ2v) is 3.27. The molecule has 0 radical (unpaired) electrons. The molecule has 0 unspecified atom stereocenters. The Hall–Kier alpha value is -1.76. The van der Waals surface area contributed by atoms with Crippen LogP contribution in [-0.2, 0) is 16.3 Å². The Morgan fingerprint density at radius 3 is 3.20 bits per heavy atom. The lowest BCUT2D eigenvalue weighted by Gasteiger charge is -2.03. The molecule has 0 aliphatic carbocycles. The van der Waals surface area contributed by atoms with Gasteiger partial charge in [-0.2, -0.15) is 0 Å². The number of aromatic nitrogens is 4. The third-order valence-corrected chi connectivity index (χ3v) is 2.13. The summed E-state index contributed by atoms with van der Waals surface area (Å²) in [4.78, 5) is 21.5. The third kappa shape index (κ3) is 1.86. The lowest BCUT2D eigenvalue weighted by Crippen LogP contribution is -2.05. The average Bonchev–Trinajstić information content (AvgIpc) is 2.59. The van der Waals surface area contributed by atoms with Crippen LogP contribution in [0.15, 0.2) is 12.7 Å². The van der Waals surface area contributed by atoms with Crippen LogP contribution in [0.3, 0.4) is 0 Å². The Balaban J connectivity index is 2.41. The molecule has 2 heterocycles. The minimum atomic E-state index is -0.343. The molecule has 0 amide bonds. The van der Waals surface area contributed by atoms with Crippen molar-refractivity contribution in [3.63, 3.8) is 0 Å². The molecule has 0 saturated carbocycles. The average molecular weight is 224 g/mol. The second kappa shape index (κ2) is 3.77. The lowest BCUT2D eigenvalue weighted by molar-refractivity contribution is -0.144. The highest BCUT2D eigenvalue weighted by atomic mass is 32.1. The zero-order valence-electron chi connectivity index (χ0n) is 7.93. The fourth-order valence-corrected chi connectivity index (χ4v) is 1.36. The quantitative estimate of drug-likeness (QED) is 0.608. The molecule has 6 nitrogen and oxygen atoms in total. The lowest BCUT2D eigenvalue weighted by atomic mass is 10.5. The molecule has 0 aliphatic rings. The molecule has 2 aromatic rings. The van der Waals surface area contributed by atoms with Gasteiger partial charge in [-0.15, -0.1) is 0 Å². The maximum Gasteiger partial charge on any atom is 0.304 e. The van der Waals surface area contributed by atoms with Crippen LogP contribution in [0.25, 0.3) is 11.2 Å². The first-order chi connectivity index (χ1) is 7.18. The first-order valence-electron chi connectivity index (χ1n) is 4.20. The van der Waals surface area contributed by atoms with Gasteiger partial charge in [-0.05, 0) is 0 Å². The Morgan fingerprint density at radius 1 is 1.67 bits per heavy atom. The van der Waals surface area contributed by atoms with Crippen LogP contribution in [0.5, 0.6) is 0 Å². The van der Waals surface area contributed by atoms with Gasteiger partial charge in [0.1, 0.15) is 11.2 Å². The van der Waals surface area contributed by atoms with Crippen LogP contribution in [0.2, 0.25) is 0 Å². The Bertz CT molecular complexity index is 559. The van der Waals surface area contributed by atoms with Crippen molar-refractivity contribution in [3.05, 3.63) is 17.3 Å². The molecular formula is C8H8N4O2S. The number of hydrogen-bond donors (Lipinski definition) is 1. The van der Waals surface area contributed by atoms with E-state index in [1.807, 2.05) is 0 Å². The number of imidazole rings is 1. The van der Waals surface area contributed by atoms with E-state index in [4.69, 9.17) is 17.0 Å². The SMILES string of the molecule is CC(=O)OCn1cnc2c(=S)nc[nH]c21. The summed E-state index contributed by atoms with van der Waals surface area (Å²) in [6.45, 7) is 1.46. The monoisotopic (exact) mass is 224 g/mol. The van der Waals surface area contributed by atoms with Gasteiger partial charge in [0.2, 0.25) is 0 Å². The van der Waals surface area contributed by atoms with Crippen LogP contribution < -0.4 is 0 Å².